The molecular weight excluding hydrogens is 498 g/mol. The van der Waals surface area contributed by atoms with Crippen LogP contribution in [0.25, 0.3) is 38.7 Å². The first-order chi connectivity index (χ1) is 20.1. The highest BCUT2D eigenvalue weighted by Crippen LogP contribution is 2.54. The molecule has 0 N–H and O–H groups in total. The van der Waals surface area contributed by atoms with E-state index in [2.05, 4.69) is 163 Å². The van der Waals surface area contributed by atoms with Crippen LogP contribution in [-0.2, 0) is 5.41 Å². The van der Waals surface area contributed by atoms with Gasteiger partial charge in [0.05, 0.1) is 16.7 Å². The van der Waals surface area contributed by atoms with Gasteiger partial charge in [0.1, 0.15) is 0 Å². The molecule has 1 aliphatic rings. The van der Waals surface area contributed by atoms with Crippen LogP contribution in [0.15, 0.2) is 140 Å². The Morgan fingerprint density at radius 3 is 2.24 bits per heavy atom. The van der Waals surface area contributed by atoms with Crippen LogP contribution < -0.4 is 4.90 Å². The Balaban J connectivity index is 1.41. The molecule has 0 atom stereocenters. The van der Waals surface area contributed by atoms with Crippen LogP contribution in [0.5, 0.6) is 0 Å². The van der Waals surface area contributed by atoms with Crippen LogP contribution in [-0.4, -0.2) is 9.61 Å². The van der Waals surface area contributed by atoms with E-state index in [9.17, 15) is 0 Å². The van der Waals surface area contributed by atoms with Crippen molar-refractivity contribution in [2.45, 2.75) is 19.3 Å². The Bertz CT molecular complexity index is 2080. The number of anilines is 3. The van der Waals surface area contributed by atoms with Crippen molar-refractivity contribution < 1.29 is 0 Å². The molecule has 0 fully saturated rings. The molecule has 0 saturated carbocycles. The van der Waals surface area contributed by atoms with Crippen molar-refractivity contribution in [2.75, 3.05) is 4.90 Å². The maximum absolute atomic E-state index is 5.26. The molecule has 41 heavy (non-hydrogen) atoms. The quantitative estimate of drug-likeness (QED) is 0.227. The first-order valence-corrected chi connectivity index (χ1v) is 14.2. The van der Waals surface area contributed by atoms with E-state index in [4.69, 9.17) is 5.10 Å². The fraction of sp³-hybridized carbons (Fsp3) is 0.0789. The summed E-state index contributed by atoms with van der Waals surface area (Å²) in [5.74, 6) is 0.891. The lowest BCUT2D eigenvalue weighted by Gasteiger charge is -2.27. The number of hydrogen-bond donors (Lipinski definition) is 0. The van der Waals surface area contributed by atoms with E-state index in [1.165, 1.54) is 38.8 Å². The lowest BCUT2D eigenvalue weighted by atomic mass is 9.82. The Morgan fingerprint density at radius 1 is 0.610 bits per heavy atom. The first kappa shape index (κ1) is 23.7. The Morgan fingerprint density at radius 2 is 1.34 bits per heavy atom. The van der Waals surface area contributed by atoms with E-state index in [0.29, 0.717) is 0 Å². The average Bonchev–Trinajstić information content (AvgIpc) is 3.55. The molecule has 2 heterocycles. The number of nitrogens with zero attached hydrogens (tertiary/aromatic N) is 3. The van der Waals surface area contributed by atoms with Crippen molar-refractivity contribution in [1.29, 1.82) is 0 Å². The summed E-state index contributed by atoms with van der Waals surface area (Å²) in [6.07, 6.45) is 0. The van der Waals surface area contributed by atoms with Gasteiger partial charge in [0.2, 0.25) is 0 Å². The summed E-state index contributed by atoms with van der Waals surface area (Å²) in [7, 11) is 0. The second-order valence-electron chi connectivity index (χ2n) is 11.4. The van der Waals surface area contributed by atoms with Gasteiger partial charge in [-0.15, -0.1) is 5.10 Å². The van der Waals surface area contributed by atoms with Crippen molar-refractivity contribution in [1.82, 2.24) is 9.61 Å². The molecule has 0 unspecified atom stereocenters. The highest BCUT2D eigenvalue weighted by molar-refractivity contribution is 5.95. The average molecular weight is 528 g/mol. The molecule has 5 aromatic carbocycles. The molecule has 0 amide bonds. The molecule has 0 bridgehead atoms. The maximum Gasteiger partial charge on any atom is 0.160 e. The van der Waals surface area contributed by atoms with Crippen LogP contribution in [0.4, 0.5) is 17.2 Å². The number of para-hydroxylation sites is 1. The number of hydrogen-bond acceptors (Lipinski definition) is 2. The SMILES string of the molecule is CC1(C)c2ccccc2-c2c(N(c3cccc(-c4ccccc4)c3)c3cc4ccc5ccccc5n4n3)cccc21. The minimum atomic E-state index is -0.0887. The summed E-state index contributed by atoms with van der Waals surface area (Å²) >= 11 is 0. The number of fused-ring (bicyclic) bond motifs is 6. The van der Waals surface area contributed by atoms with Crippen LogP contribution in [0.1, 0.15) is 25.0 Å². The summed E-state index contributed by atoms with van der Waals surface area (Å²) in [6.45, 7) is 4.66. The van der Waals surface area contributed by atoms with Crippen LogP contribution in [0, 0.1) is 0 Å². The van der Waals surface area contributed by atoms with Gasteiger partial charge >= 0.3 is 0 Å². The van der Waals surface area contributed by atoms with E-state index in [0.717, 1.165) is 28.2 Å². The molecule has 196 valence electrons. The minimum Gasteiger partial charge on any atom is -0.293 e. The summed E-state index contributed by atoms with van der Waals surface area (Å²) in [4.78, 5) is 2.34. The molecule has 0 aliphatic heterocycles. The second kappa shape index (κ2) is 8.94. The summed E-state index contributed by atoms with van der Waals surface area (Å²) < 4.78 is 2.07. The highest BCUT2D eigenvalue weighted by Gasteiger charge is 2.37. The van der Waals surface area contributed by atoms with E-state index >= 15 is 0 Å². The monoisotopic (exact) mass is 527 g/mol. The van der Waals surface area contributed by atoms with Crippen molar-refractivity contribution in [3.05, 3.63) is 151 Å². The Kier molecular flexibility index (Phi) is 5.17. The predicted octanol–water partition coefficient (Wildman–Crippen LogP) is 9.93. The summed E-state index contributed by atoms with van der Waals surface area (Å²) in [5, 5.41) is 6.43. The molecule has 3 heteroatoms. The summed E-state index contributed by atoms with van der Waals surface area (Å²) in [5.41, 5.74) is 11.9. The summed E-state index contributed by atoms with van der Waals surface area (Å²) in [6, 6.07) is 49.9. The Hall–Kier alpha value is -5.15. The van der Waals surface area contributed by atoms with Gasteiger partial charge in [0, 0.05) is 28.1 Å². The fourth-order valence-corrected chi connectivity index (χ4v) is 6.57. The van der Waals surface area contributed by atoms with Gasteiger partial charge in [-0.05, 0) is 58.1 Å². The molecule has 3 nitrogen and oxygen atoms in total. The topological polar surface area (TPSA) is 20.5 Å². The first-order valence-electron chi connectivity index (χ1n) is 14.2. The zero-order valence-corrected chi connectivity index (χ0v) is 23.1. The third-order valence-electron chi connectivity index (χ3n) is 8.59. The van der Waals surface area contributed by atoms with Crippen LogP contribution in [0.3, 0.4) is 0 Å². The number of aromatic nitrogens is 2. The third-order valence-corrected chi connectivity index (χ3v) is 8.59. The van der Waals surface area contributed by atoms with Gasteiger partial charge in [0.15, 0.2) is 5.82 Å². The lowest BCUT2D eigenvalue weighted by molar-refractivity contribution is 0.660. The number of pyridine rings is 1. The molecule has 0 radical (unpaired) electrons. The highest BCUT2D eigenvalue weighted by atomic mass is 15.3. The molecule has 1 aliphatic carbocycles. The van der Waals surface area contributed by atoms with Gasteiger partial charge in [-0.3, -0.25) is 4.90 Å². The van der Waals surface area contributed by atoms with Crippen molar-refractivity contribution in [2.24, 2.45) is 0 Å². The normalized spacial score (nSPS) is 13.3. The van der Waals surface area contributed by atoms with E-state index in [1.54, 1.807) is 0 Å². The van der Waals surface area contributed by atoms with Crippen molar-refractivity contribution in [3.63, 3.8) is 0 Å². The largest absolute Gasteiger partial charge is 0.293 e. The molecule has 2 aromatic heterocycles. The van der Waals surface area contributed by atoms with Gasteiger partial charge in [-0.1, -0.05) is 117 Å². The van der Waals surface area contributed by atoms with Gasteiger partial charge in [0.25, 0.3) is 0 Å². The third kappa shape index (κ3) is 3.63. The van der Waals surface area contributed by atoms with Gasteiger partial charge < -0.3 is 0 Å². The van der Waals surface area contributed by atoms with E-state index in [1.807, 2.05) is 0 Å². The maximum atomic E-state index is 5.26. The molecule has 8 rings (SSSR count). The lowest BCUT2D eigenvalue weighted by Crippen LogP contribution is -2.16. The standard InChI is InChI=1S/C38H29N3/c1-38(2)32-18-8-7-17-31(32)37-33(38)19-11-21-35(37)40(29-16-10-15-28(24-29)26-12-4-3-5-13-26)36-25-30-23-22-27-14-6-9-20-34(27)41(30)39-36/h3-25H,1-2H3. The number of rotatable bonds is 4. The van der Waals surface area contributed by atoms with Crippen molar-refractivity contribution in [3.8, 4) is 22.3 Å². The van der Waals surface area contributed by atoms with Crippen LogP contribution in [0.2, 0.25) is 0 Å². The van der Waals surface area contributed by atoms with E-state index < -0.39 is 0 Å². The van der Waals surface area contributed by atoms with Gasteiger partial charge in [-0.2, -0.15) is 0 Å². The number of benzene rings is 5. The zero-order chi connectivity index (χ0) is 27.6. The second-order valence-corrected chi connectivity index (χ2v) is 11.4. The molecular formula is C38H29N3. The minimum absolute atomic E-state index is 0.0887. The molecule has 7 aromatic rings. The fourth-order valence-electron chi connectivity index (χ4n) is 6.57. The molecule has 0 spiro atoms. The van der Waals surface area contributed by atoms with Crippen LogP contribution >= 0.6 is 0 Å². The molecule has 0 saturated heterocycles. The smallest absolute Gasteiger partial charge is 0.160 e. The Labute approximate surface area is 239 Å². The van der Waals surface area contributed by atoms with Gasteiger partial charge in [-0.25, -0.2) is 4.52 Å². The predicted molar refractivity (Wildman–Crippen MR) is 170 cm³/mol. The van der Waals surface area contributed by atoms with Crippen molar-refractivity contribution >= 4 is 33.6 Å². The zero-order valence-electron chi connectivity index (χ0n) is 23.1. The van der Waals surface area contributed by atoms with E-state index in [-0.39, 0.29) is 5.41 Å².